The van der Waals surface area contributed by atoms with E-state index in [1.807, 2.05) is 19.1 Å². The van der Waals surface area contributed by atoms with Gasteiger partial charge in [0.1, 0.15) is 23.3 Å². The molecule has 0 aliphatic heterocycles. The van der Waals surface area contributed by atoms with Crippen molar-refractivity contribution in [3.05, 3.63) is 99.4 Å². The van der Waals surface area contributed by atoms with Gasteiger partial charge in [0.2, 0.25) is 9.84 Å². The van der Waals surface area contributed by atoms with Crippen LogP contribution >= 0.6 is 11.6 Å². The average Bonchev–Trinajstić information content (AvgIpc) is 2.72. The summed E-state index contributed by atoms with van der Waals surface area (Å²) in [6.45, 7) is 2.26. The van der Waals surface area contributed by atoms with Crippen molar-refractivity contribution in [2.45, 2.75) is 18.4 Å². The second-order valence-electron chi connectivity index (χ2n) is 6.42. The fourth-order valence-corrected chi connectivity index (χ4v) is 3.86. The van der Waals surface area contributed by atoms with Crippen LogP contribution in [0, 0.1) is 18.3 Å². The van der Waals surface area contributed by atoms with Gasteiger partial charge in [0.05, 0.1) is 4.90 Å². The highest BCUT2D eigenvalue weighted by molar-refractivity contribution is 7.95. The van der Waals surface area contributed by atoms with Gasteiger partial charge in [0.25, 0.3) is 0 Å². The van der Waals surface area contributed by atoms with Crippen LogP contribution in [0.2, 0.25) is 5.02 Å². The van der Waals surface area contributed by atoms with E-state index in [9.17, 15) is 13.7 Å². The topological polar surface area (TPSA) is 67.2 Å². The Bertz CT molecular complexity index is 1160. The van der Waals surface area contributed by atoms with E-state index in [1.165, 1.54) is 18.2 Å². The summed E-state index contributed by atoms with van der Waals surface area (Å²) < 4.78 is 31.1. The molecular weight excluding hydrogens is 406 g/mol. The van der Waals surface area contributed by atoms with Crippen LogP contribution in [-0.2, 0) is 16.4 Å². The lowest BCUT2D eigenvalue weighted by atomic mass is 10.2. The zero-order chi connectivity index (χ0) is 20.9. The van der Waals surface area contributed by atoms with E-state index in [1.54, 1.807) is 54.6 Å². The monoisotopic (exact) mass is 423 g/mol. The molecule has 0 aliphatic rings. The number of aryl methyl sites for hydroxylation is 1. The number of nitrogens with zero attached hydrogens (tertiary/aromatic N) is 1. The molecule has 0 saturated carbocycles. The first kappa shape index (κ1) is 20.7. The minimum atomic E-state index is -3.87. The van der Waals surface area contributed by atoms with Gasteiger partial charge in [-0.1, -0.05) is 53.6 Å². The third-order valence-corrected chi connectivity index (χ3v) is 6.16. The summed E-state index contributed by atoms with van der Waals surface area (Å²) in [4.78, 5) is -0.213. The Kier molecular flexibility index (Phi) is 6.38. The molecule has 3 rings (SSSR count). The SMILES string of the molecule is Cc1ccc(S(=O)(=O)/C(C#N)=C/c2ccc(OCc3ccc(Cl)cc3)cc2)cc1. The third kappa shape index (κ3) is 5.26. The van der Waals surface area contributed by atoms with E-state index < -0.39 is 9.84 Å². The van der Waals surface area contributed by atoms with Crippen LogP contribution in [-0.4, -0.2) is 8.42 Å². The van der Waals surface area contributed by atoms with Crippen molar-refractivity contribution in [2.75, 3.05) is 0 Å². The summed E-state index contributed by atoms with van der Waals surface area (Å²) >= 11 is 5.87. The second-order valence-corrected chi connectivity index (χ2v) is 8.78. The van der Waals surface area contributed by atoms with Gasteiger partial charge in [-0.15, -0.1) is 0 Å². The first-order valence-corrected chi connectivity index (χ1v) is 10.7. The molecule has 146 valence electrons. The van der Waals surface area contributed by atoms with Crippen molar-refractivity contribution in [2.24, 2.45) is 0 Å². The number of ether oxygens (including phenoxy) is 1. The maximum atomic E-state index is 12.7. The zero-order valence-electron chi connectivity index (χ0n) is 15.7. The molecule has 0 atom stereocenters. The van der Waals surface area contributed by atoms with Gasteiger partial charge < -0.3 is 4.74 Å². The Morgan fingerprint density at radius 2 is 1.62 bits per heavy atom. The van der Waals surface area contributed by atoms with Gasteiger partial charge in [-0.25, -0.2) is 8.42 Å². The maximum Gasteiger partial charge on any atom is 0.216 e. The predicted molar refractivity (Wildman–Crippen MR) is 114 cm³/mol. The van der Waals surface area contributed by atoms with Crippen LogP contribution in [0.25, 0.3) is 6.08 Å². The Morgan fingerprint density at radius 3 is 2.21 bits per heavy atom. The lowest BCUT2D eigenvalue weighted by Gasteiger charge is -2.07. The Morgan fingerprint density at radius 1 is 1.00 bits per heavy atom. The zero-order valence-corrected chi connectivity index (χ0v) is 17.2. The molecule has 0 bridgehead atoms. The standard InChI is InChI=1S/C23H18ClNO3S/c1-17-2-12-22(13-3-17)29(26,27)23(15-25)14-18-6-10-21(11-7-18)28-16-19-4-8-20(24)9-5-19/h2-14H,16H2,1H3/b23-14+. The molecule has 29 heavy (non-hydrogen) atoms. The summed E-state index contributed by atoms with van der Waals surface area (Å²) in [7, 11) is -3.87. The van der Waals surface area contributed by atoms with Crippen molar-refractivity contribution in [1.82, 2.24) is 0 Å². The summed E-state index contributed by atoms with van der Waals surface area (Å²) in [6, 6.07) is 22.5. The molecule has 4 nitrogen and oxygen atoms in total. The molecule has 3 aromatic rings. The van der Waals surface area contributed by atoms with Gasteiger partial charge in [0.15, 0.2) is 0 Å². The van der Waals surface area contributed by atoms with E-state index in [4.69, 9.17) is 16.3 Å². The van der Waals surface area contributed by atoms with Gasteiger partial charge in [-0.3, -0.25) is 0 Å². The molecular formula is C23H18ClNO3S. The van der Waals surface area contributed by atoms with E-state index in [0.717, 1.165) is 11.1 Å². The quantitative estimate of drug-likeness (QED) is 0.486. The number of halogens is 1. The third-order valence-electron chi connectivity index (χ3n) is 4.23. The number of allylic oxidation sites excluding steroid dienone is 1. The molecule has 0 aliphatic carbocycles. The number of nitriles is 1. The van der Waals surface area contributed by atoms with E-state index >= 15 is 0 Å². The largest absolute Gasteiger partial charge is 0.489 e. The van der Waals surface area contributed by atoms with Crippen LogP contribution < -0.4 is 4.74 Å². The molecule has 0 amide bonds. The molecule has 0 saturated heterocycles. The Balaban J connectivity index is 1.75. The first-order valence-electron chi connectivity index (χ1n) is 8.79. The summed E-state index contributed by atoms with van der Waals surface area (Å²) in [5.74, 6) is 0.636. The highest BCUT2D eigenvalue weighted by Gasteiger charge is 2.20. The van der Waals surface area contributed by atoms with Gasteiger partial charge >= 0.3 is 0 Å². The average molecular weight is 424 g/mol. The lowest BCUT2D eigenvalue weighted by molar-refractivity contribution is 0.306. The number of hydrogen-bond donors (Lipinski definition) is 0. The van der Waals surface area contributed by atoms with Crippen LogP contribution in [0.15, 0.2) is 82.6 Å². The first-order chi connectivity index (χ1) is 13.9. The lowest BCUT2D eigenvalue weighted by Crippen LogP contribution is -2.03. The van der Waals surface area contributed by atoms with Crippen molar-refractivity contribution in [1.29, 1.82) is 5.26 Å². The molecule has 0 radical (unpaired) electrons. The number of rotatable bonds is 6. The summed E-state index contributed by atoms with van der Waals surface area (Å²) in [6.07, 6.45) is 1.36. The molecule has 6 heteroatoms. The molecule has 0 unspecified atom stereocenters. The molecule has 0 N–H and O–H groups in total. The van der Waals surface area contributed by atoms with Crippen LogP contribution in [0.5, 0.6) is 5.75 Å². The van der Waals surface area contributed by atoms with Crippen LogP contribution in [0.3, 0.4) is 0 Å². The van der Waals surface area contributed by atoms with Gasteiger partial charge in [-0.05, 0) is 60.5 Å². The van der Waals surface area contributed by atoms with Gasteiger partial charge in [-0.2, -0.15) is 5.26 Å². The van der Waals surface area contributed by atoms with E-state index in [0.29, 0.717) is 22.9 Å². The van der Waals surface area contributed by atoms with E-state index in [2.05, 4.69) is 0 Å². The van der Waals surface area contributed by atoms with Crippen LogP contribution in [0.4, 0.5) is 0 Å². The molecule has 0 fully saturated rings. The smallest absolute Gasteiger partial charge is 0.216 e. The van der Waals surface area contributed by atoms with Crippen molar-refractivity contribution in [3.63, 3.8) is 0 Å². The molecule has 3 aromatic carbocycles. The van der Waals surface area contributed by atoms with Crippen LogP contribution in [0.1, 0.15) is 16.7 Å². The minimum absolute atomic E-state index is 0.0961. The maximum absolute atomic E-state index is 12.7. The number of benzene rings is 3. The van der Waals surface area contributed by atoms with E-state index in [-0.39, 0.29) is 9.80 Å². The molecule has 0 heterocycles. The fraction of sp³-hybridized carbons (Fsp3) is 0.0870. The normalized spacial score (nSPS) is 11.7. The Hall–Kier alpha value is -3.07. The summed E-state index contributed by atoms with van der Waals surface area (Å²) in [5.41, 5.74) is 2.52. The number of sulfone groups is 1. The Labute approximate surface area is 175 Å². The van der Waals surface area contributed by atoms with Crippen molar-refractivity contribution in [3.8, 4) is 11.8 Å². The molecule has 0 spiro atoms. The molecule has 0 aromatic heterocycles. The highest BCUT2D eigenvalue weighted by atomic mass is 35.5. The fourth-order valence-electron chi connectivity index (χ4n) is 2.57. The number of hydrogen-bond acceptors (Lipinski definition) is 4. The highest BCUT2D eigenvalue weighted by Crippen LogP contribution is 2.23. The second kappa shape index (κ2) is 8.95. The summed E-state index contributed by atoms with van der Waals surface area (Å²) in [5, 5.41) is 10.1. The van der Waals surface area contributed by atoms with Gasteiger partial charge in [0, 0.05) is 5.02 Å². The van der Waals surface area contributed by atoms with Crippen molar-refractivity contribution >= 4 is 27.5 Å². The van der Waals surface area contributed by atoms with Crippen molar-refractivity contribution < 1.29 is 13.2 Å². The minimum Gasteiger partial charge on any atom is -0.489 e. The predicted octanol–water partition coefficient (Wildman–Crippen LogP) is 5.57.